The van der Waals surface area contributed by atoms with Gasteiger partial charge in [-0.25, -0.2) is 4.98 Å². The van der Waals surface area contributed by atoms with Crippen LogP contribution in [0.2, 0.25) is 0 Å². The molecule has 0 aromatic carbocycles. The lowest BCUT2D eigenvalue weighted by Gasteiger charge is -2.16. The molecule has 1 aliphatic heterocycles. The van der Waals surface area contributed by atoms with Crippen molar-refractivity contribution in [3.05, 3.63) is 23.9 Å². The summed E-state index contributed by atoms with van der Waals surface area (Å²) in [5, 5.41) is 2.93. The molecule has 4 heteroatoms. The average Bonchev–Trinajstić information content (AvgIpc) is 2.97. The van der Waals surface area contributed by atoms with E-state index in [0.717, 1.165) is 37.3 Å². The molecule has 0 unspecified atom stereocenters. The van der Waals surface area contributed by atoms with Gasteiger partial charge in [0.2, 0.25) is 5.91 Å². The van der Waals surface area contributed by atoms with Gasteiger partial charge in [0.15, 0.2) is 0 Å². The molecule has 2 heterocycles. The molecule has 0 saturated carbocycles. The van der Waals surface area contributed by atoms with Crippen LogP contribution in [-0.4, -0.2) is 24.0 Å². The molecule has 1 aromatic rings. The van der Waals surface area contributed by atoms with E-state index in [9.17, 15) is 4.79 Å². The zero-order valence-corrected chi connectivity index (χ0v) is 11.7. The van der Waals surface area contributed by atoms with Gasteiger partial charge in [0, 0.05) is 32.3 Å². The molecule has 1 N–H and O–H groups in total. The second kappa shape index (κ2) is 7.12. The van der Waals surface area contributed by atoms with E-state index in [4.69, 9.17) is 0 Å². The lowest BCUT2D eigenvalue weighted by Crippen LogP contribution is -2.23. The molecule has 1 saturated heterocycles. The smallest absolute Gasteiger partial charge is 0.220 e. The Balaban J connectivity index is 1.79. The van der Waals surface area contributed by atoms with E-state index in [1.54, 1.807) is 0 Å². The summed E-state index contributed by atoms with van der Waals surface area (Å²) in [4.78, 5) is 18.3. The first kappa shape index (κ1) is 13.8. The van der Waals surface area contributed by atoms with E-state index in [0.29, 0.717) is 13.0 Å². The molecule has 0 spiro atoms. The largest absolute Gasteiger partial charge is 0.357 e. The van der Waals surface area contributed by atoms with Crippen LogP contribution in [0.3, 0.4) is 0 Å². The van der Waals surface area contributed by atoms with Crippen LogP contribution < -0.4 is 10.2 Å². The molecule has 1 aliphatic rings. The van der Waals surface area contributed by atoms with Crippen LogP contribution in [0.4, 0.5) is 5.82 Å². The predicted octanol–water partition coefficient (Wildman–Crippen LogP) is 2.49. The Morgan fingerprint density at radius 3 is 2.79 bits per heavy atom. The van der Waals surface area contributed by atoms with Crippen molar-refractivity contribution in [2.45, 2.75) is 45.6 Å². The third kappa shape index (κ3) is 4.23. The van der Waals surface area contributed by atoms with E-state index < -0.39 is 0 Å². The van der Waals surface area contributed by atoms with Crippen LogP contribution in [0.1, 0.15) is 44.6 Å². The third-order valence-electron chi connectivity index (χ3n) is 3.49. The van der Waals surface area contributed by atoms with Crippen molar-refractivity contribution in [3.63, 3.8) is 0 Å². The number of hydrogen-bond donors (Lipinski definition) is 1. The minimum atomic E-state index is 0.130. The molecule has 1 aromatic heterocycles. The molecule has 2 rings (SSSR count). The van der Waals surface area contributed by atoms with Gasteiger partial charge in [-0.2, -0.15) is 0 Å². The third-order valence-corrected chi connectivity index (χ3v) is 3.49. The number of nitrogens with one attached hydrogen (secondary N) is 1. The summed E-state index contributed by atoms with van der Waals surface area (Å²) in [5.41, 5.74) is 1.06. The maximum Gasteiger partial charge on any atom is 0.220 e. The molecule has 1 amide bonds. The lowest BCUT2D eigenvalue weighted by atomic mass is 10.2. The number of anilines is 1. The van der Waals surface area contributed by atoms with Crippen molar-refractivity contribution in [2.75, 3.05) is 18.0 Å². The summed E-state index contributed by atoms with van der Waals surface area (Å²) in [6.07, 6.45) is 7.02. The standard InChI is InChI=1S/C15H23N3O/c1-2-3-6-15(19)17-12-13-7-8-14(16-11-13)18-9-4-5-10-18/h7-8,11H,2-6,9-10,12H2,1H3,(H,17,19). The van der Waals surface area contributed by atoms with Crippen LogP contribution in [0.5, 0.6) is 0 Å². The maximum atomic E-state index is 11.5. The van der Waals surface area contributed by atoms with Gasteiger partial charge in [0.1, 0.15) is 5.82 Å². The molecule has 0 radical (unpaired) electrons. The molecule has 0 atom stereocenters. The predicted molar refractivity (Wildman–Crippen MR) is 77.1 cm³/mol. The summed E-state index contributed by atoms with van der Waals surface area (Å²) < 4.78 is 0. The summed E-state index contributed by atoms with van der Waals surface area (Å²) in [5.74, 6) is 1.18. The molecule has 1 fully saturated rings. The minimum absolute atomic E-state index is 0.130. The first-order valence-corrected chi connectivity index (χ1v) is 7.26. The summed E-state index contributed by atoms with van der Waals surface area (Å²) in [6.45, 7) is 4.89. The van der Waals surface area contributed by atoms with E-state index in [1.807, 2.05) is 6.20 Å². The summed E-state index contributed by atoms with van der Waals surface area (Å²) in [7, 11) is 0. The van der Waals surface area contributed by atoms with Gasteiger partial charge < -0.3 is 10.2 Å². The minimum Gasteiger partial charge on any atom is -0.357 e. The van der Waals surface area contributed by atoms with Crippen molar-refractivity contribution in [1.82, 2.24) is 10.3 Å². The van der Waals surface area contributed by atoms with Crippen molar-refractivity contribution in [3.8, 4) is 0 Å². The Morgan fingerprint density at radius 1 is 1.37 bits per heavy atom. The number of nitrogens with zero attached hydrogens (tertiary/aromatic N) is 2. The fourth-order valence-corrected chi connectivity index (χ4v) is 2.28. The number of carbonyl (C=O) groups excluding carboxylic acids is 1. The monoisotopic (exact) mass is 261 g/mol. The molecule has 19 heavy (non-hydrogen) atoms. The Hall–Kier alpha value is -1.58. The number of hydrogen-bond acceptors (Lipinski definition) is 3. The van der Waals surface area contributed by atoms with E-state index in [-0.39, 0.29) is 5.91 Å². The number of aromatic nitrogens is 1. The number of unbranched alkanes of at least 4 members (excludes halogenated alkanes) is 1. The lowest BCUT2D eigenvalue weighted by molar-refractivity contribution is -0.121. The Labute approximate surface area is 115 Å². The average molecular weight is 261 g/mol. The van der Waals surface area contributed by atoms with Gasteiger partial charge in [-0.3, -0.25) is 4.79 Å². The maximum absolute atomic E-state index is 11.5. The second-order valence-electron chi connectivity index (χ2n) is 5.10. The first-order valence-electron chi connectivity index (χ1n) is 7.26. The number of carbonyl (C=O) groups is 1. The molecular formula is C15H23N3O. The van der Waals surface area contributed by atoms with E-state index in [2.05, 4.69) is 34.3 Å². The molecule has 104 valence electrons. The van der Waals surface area contributed by atoms with Gasteiger partial charge in [0.25, 0.3) is 0 Å². The highest BCUT2D eigenvalue weighted by Crippen LogP contribution is 2.17. The van der Waals surface area contributed by atoms with Crippen LogP contribution in [0.15, 0.2) is 18.3 Å². The van der Waals surface area contributed by atoms with Gasteiger partial charge in [-0.05, 0) is 30.9 Å². The van der Waals surface area contributed by atoms with Gasteiger partial charge in [-0.15, -0.1) is 0 Å². The summed E-state index contributed by atoms with van der Waals surface area (Å²) in [6, 6.07) is 4.11. The number of pyridine rings is 1. The molecule has 0 aliphatic carbocycles. The van der Waals surface area contributed by atoms with Crippen molar-refractivity contribution in [2.24, 2.45) is 0 Å². The zero-order valence-electron chi connectivity index (χ0n) is 11.7. The zero-order chi connectivity index (χ0) is 13.5. The molecular weight excluding hydrogens is 238 g/mol. The van der Waals surface area contributed by atoms with Crippen molar-refractivity contribution in [1.29, 1.82) is 0 Å². The normalized spacial score (nSPS) is 14.7. The van der Waals surface area contributed by atoms with Crippen molar-refractivity contribution < 1.29 is 4.79 Å². The van der Waals surface area contributed by atoms with Gasteiger partial charge in [-0.1, -0.05) is 19.4 Å². The second-order valence-corrected chi connectivity index (χ2v) is 5.10. The topological polar surface area (TPSA) is 45.2 Å². The molecule has 0 bridgehead atoms. The quantitative estimate of drug-likeness (QED) is 0.855. The fraction of sp³-hybridized carbons (Fsp3) is 0.600. The van der Waals surface area contributed by atoms with Gasteiger partial charge >= 0.3 is 0 Å². The highest BCUT2D eigenvalue weighted by Gasteiger charge is 2.12. The van der Waals surface area contributed by atoms with E-state index >= 15 is 0 Å². The first-order chi connectivity index (χ1) is 9.29. The van der Waals surface area contributed by atoms with Crippen LogP contribution >= 0.6 is 0 Å². The fourth-order valence-electron chi connectivity index (χ4n) is 2.28. The van der Waals surface area contributed by atoms with Gasteiger partial charge in [0.05, 0.1) is 0 Å². The van der Waals surface area contributed by atoms with E-state index in [1.165, 1.54) is 12.8 Å². The number of amides is 1. The Kier molecular flexibility index (Phi) is 5.19. The highest BCUT2D eigenvalue weighted by molar-refractivity contribution is 5.75. The van der Waals surface area contributed by atoms with Crippen LogP contribution in [0, 0.1) is 0 Å². The Morgan fingerprint density at radius 2 is 2.16 bits per heavy atom. The highest BCUT2D eigenvalue weighted by atomic mass is 16.1. The van der Waals surface area contributed by atoms with Crippen LogP contribution in [0.25, 0.3) is 0 Å². The summed E-state index contributed by atoms with van der Waals surface area (Å²) >= 11 is 0. The number of rotatable bonds is 6. The van der Waals surface area contributed by atoms with Crippen molar-refractivity contribution >= 4 is 11.7 Å². The van der Waals surface area contributed by atoms with Crippen LogP contribution in [-0.2, 0) is 11.3 Å². The SMILES string of the molecule is CCCCC(=O)NCc1ccc(N2CCCC2)nc1. The Bertz CT molecular complexity index is 396. The molecule has 4 nitrogen and oxygen atoms in total.